The zero-order valence-electron chi connectivity index (χ0n) is 12.8. The predicted molar refractivity (Wildman–Crippen MR) is 96.3 cm³/mol. The van der Waals surface area contributed by atoms with E-state index in [4.69, 9.17) is 11.6 Å². The maximum atomic E-state index is 11.3. The Morgan fingerprint density at radius 3 is 2.68 bits per heavy atom. The van der Waals surface area contributed by atoms with Gasteiger partial charge in [0.2, 0.25) is 0 Å². The van der Waals surface area contributed by atoms with Gasteiger partial charge in [0, 0.05) is 28.5 Å². The Hall–Kier alpha value is -2.64. The fraction of sp³-hybridized carbons (Fsp3) is 0.0588. The Balaban J connectivity index is 1.92. The van der Waals surface area contributed by atoms with Gasteiger partial charge in [-0.1, -0.05) is 35.5 Å². The lowest BCUT2D eigenvalue weighted by Gasteiger charge is -2.07. The molecule has 25 heavy (non-hydrogen) atoms. The van der Waals surface area contributed by atoms with Crippen molar-refractivity contribution in [2.45, 2.75) is 16.2 Å². The van der Waals surface area contributed by atoms with Crippen molar-refractivity contribution in [1.29, 1.82) is 0 Å². The van der Waals surface area contributed by atoms with Crippen molar-refractivity contribution in [2.24, 2.45) is 0 Å². The average molecular weight is 374 g/mol. The summed E-state index contributed by atoms with van der Waals surface area (Å²) in [6, 6.07) is 15.1. The Bertz CT molecular complexity index is 970. The summed E-state index contributed by atoms with van der Waals surface area (Å²) >= 11 is 7.26. The van der Waals surface area contributed by atoms with Crippen LogP contribution < -0.4 is 5.56 Å². The van der Waals surface area contributed by atoms with E-state index in [1.165, 1.54) is 23.9 Å². The molecule has 0 saturated heterocycles. The first-order chi connectivity index (χ1) is 12.0. The molecule has 0 bridgehead atoms. The molecule has 0 fully saturated rings. The molecule has 0 aliphatic rings. The molecule has 8 heteroatoms. The van der Waals surface area contributed by atoms with Crippen LogP contribution in [0.3, 0.4) is 0 Å². The van der Waals surface area contributed by atoms with E-state index in [0.29, 0.717) is 22.0 Å². The van der Waals surface area contributed by atoms with Gasteiger partial charge < -0.3 is 0 Å². The van der Waals surface area contributed by atoms with Crippen LogP contribution in [0.5, 0.6) is 0 Å². The normalized spacial score (nSPS) is 10.6. The lowest BCUT2D eigenvalue weighted by molar-refractivity contribution is -0.387. The van der Waals surface area contributed by atoms with Gasteiger partial charge in [-0.25, -0.2) is 5.10 Å². The van der Waals surface area contributed by atoms with Gasteiger partial charge in [-0.05, 0) is 35.9 Å². The second kappa shape index (κ2) is 7.50. The van der Waals surface area contributed by atoms with Gasteiger partial charge in [-0.3, -0.25) is 14.9 Å². The first kappa shape index (κ1) is 17.2. The summed E-state index contributed by atoms with van der Waals surface area (Å²) in [7, 11) is 0. The van der Waals surface area contributed by atoms with E-state index in [-0.39, 0.29) is 11.2 Å². The van der Waals surface area contributed by atoms with Crippen LogP contribution in [0.4, 0.5) is 5.69 Å². The van der Waals surface area contributed by atoms with Gasteiger partial charge in [0.05, 0.1) is 15.5 Å². The van der Waals surface area contributed by atoms with Crippen molar-refractivity contribution in [3.05, 3.63) is 91.3 Å². The van der Waals surface area contributed by atoms with Crippen molar-refractivity contribution in [3.63, 3.8) is 0 Å². The molecule has 0 saturated carbocycles. The smallest absolute Gasteiger partial charge is 0.268 e. The first-order valence-electron chi connectivity index (χ1n) is 7.26. The molecule has 0 radical (unpaired) electrons. The van der Waals surface area contributed by atoms with Crippen molar-refractivity contribution < 1.29 is 4.92 Å². The minimum absolute atomic E-state index is 0.0307. The summed E-state index contributed by atoms with van der Waals surface area (Å²) in [4.78, 5) is 23.3. The number of benzene rings is 2. The molecule has 3 aromatic rings. The highest BCUT2D eigenvalue weighted by molar-refractivity contribution is 7.99. The molecule has 0 spiro atoms. The highest BCUT2D eigenvalue weighted by Gasteiger charge is 2.16. The number of rotatable bonds is 5. The molecule has 6 nitrogen and oxygen atoms in total. The molecule has 0 aliphatic heterocycles. The summed E-state index contributed by atoms with van der Waals surface area (Å²) in [6.45, 7) is 0. The summed E-state index contributed by atoms with van der Waals surface area (Å²) in [5.41, 5.74) is 1.29. The highest BCUT2D eigenvalue weighted by Crippen LogP contribution is 2.36. The summed E-state index contributed by atoms with van der Waals surface area (Å²) in [5, 5.41) is 18.2. The van der Waals surface area contributed by atoms with Crippen molar-refractivity contribution in [1.82, 2.24) is 10.2 Å². The molecule has 1 N–H and O–H groups in total. The van der Waals surface area contributed by atoms with E-state index in [1.54, 1.807) is 36.4 Å². The summed E-state index contributed by atoms with van der Waals surface area (Å²) in [5.74, 6) is 0. The van der Waals surface area contributed by atoms with Crippen LogP contribution in [0.1, 0.15) is 11.3 Å². The molecule has 0 aliphatic carbocycles. The molecule has 1 heterocycles. The van der Waals surface area contributed by atoms with Gasteiger partial charge in [0.15, 0.2) is 0 Å². The van der Waals surface area contributed by atoms with Gasteiger partial charge in [0.1, 0.15) is 0 Å². The molecule has 1 aromatic heterocycles. The average Bonchev–Trinajstić information content (AvgIpc) is 2.57. The van der Waals surface area contributed by atoms with E-state index < -0.39 is 4.92 Å². The van der Waals surface area contributed by atoms with Crippen LogP contribution >= 0.6 is 23.4 Å². The Morgan fingerprint density at radius 2 is 2.00 bits per heavy atom. The fourth-order valence-corrected chi connectivity index (χ4v) is 3.54. The van der Waals surface area contributed by atoms with Crippen LogP contribution in [0.15, 0.2) is 69.2 Å². The zero-order chi connectivity index (χ0) is 17.8. The number of H-pyrrole nitrogens is 1. The Labute approximate surface area is 152 Å². The van der Waals surface area contributed by atoms with Crippen LogP contribution in [-0.4, -0.2) is 15.1 Å². The molecular weight excluding hydrogens is 362 g/mol. The van der Waals surface area contributed by atoms with Crippen molar-refractivity contribution in [3.8, 4) is 0 Å². The van der Waals surface area contributed by atoms with Crippen LogP contribution in [0, 0.1) is 10.1 Å². The quantitative estimate of drug-likeness (QED) is 0.537. The van der Waals surface area contributed by atoms with E-state index in [0.717, 1.165) is 10.5 Å². The minimum Gasteiger partial charge on any atom is -0.268 e. The second-order valence-electron chi connectivity index (χ2n) is 5.21. The zero-order valence-corrected chi connectivity index (χ0v) is 14.4. The molecule has 0 atom stereocenters. The van der Waals surface area contributed by atoms with Crippen LogP contribution in [-0.2, 0) is 6.42 Å². The standard InChI is InChI=1S/C17H12ClN3O3S/c18-12-2-1-3-14(10-12)25-16-9-11(4-6-15(16)21(23)24)8-13-5-7-17(22)20-19-13/h1-7,9-10H,8H2,(H,20,22). The number of hydrogen-bond donors (Lipinski definition) is 1. The monoisotopic (exact) mass is 373 g/mol. The third-order valence-corrected chi connectivity index (χ3v) is 4.64. The Kier molecular flexibility index (Phi) is 5.16. The number of aromatic nitrogens is 2. The maximum absolute atomic E-state index is 11.3. The van der Waals surface area contributed by atoms with E-state index in [1.807, 2.05) is 6.07 Å². The number of hydrogen-bond acceptors (Lipinski definition) is 5. The highest BCUT2D eigenvalue weighted by atomic mass is 35.5. The fourth-order valence-electron chi connectivity index (χ4n) is 2.24. The topological polar surface area (TPSA) is 88.9 Å². The molecular formula is C17H12ClN3O3S. The van der Waals surface area contributed by atoms with Gasteiger partial charge >= 0.3 is 0 Å². The predicted octanol–water partition coefficient (Wildman–Crippen LogP) is 4.07. The van der Waals surface area contributed by atoms with Crippen LogP contribution in [0.2, 0.25) is 5.02 Å². The van der Waals surface area contributed by atoms with Crippen molar-refractivity contribution >= 4 is 29.1 Å². The number of nitrogens with one attached hydrogen (secondary N) is 1. The SMILES string of the molecule is O=c1ccc(Cc2ccc([N+](=O)[O-])c(Sc3cccc(Cl)c3)c2)n[nH]1. The second-order valence-corrected chi connectivity index (χ2v) is 6.76. The third-order valence-electron chi connectivity index (χ3n) is 3.37. The Morgan fingerprint density at radius 1 is 1.16 bits per heavy atom. The number of nitro groups is 1. The molecule has 0 unspecified atom stereocenters. The van der Waals surface area contributed by atoms with E-state index in [9.17, 15) is 14.9 Å². The van der Waals surface area contributed by atoms with Crippen LogP contribution in [0.25, 0.3) is 0 Å². The summed E-state index contributed by atoms with van der Waals surface area (Å²) in [6.07, 6.45) is 0.456. The van der Waals surface area contributed by atoms with Crippen molar-refractivity contribution in [2.75, 3.05) is 0 Å². The number of aromatic amines is 1. The molecule has 126 valence electrons. The molecule has 2 aromatic carbocycles. The molecule has 3 rings (SSSR count). The van der Waals surface area contributed by atoms with Gasteiger partial charge in [-0.2, -0.15) is 5.10 Å². The maximum Gasteiger partial charge on any atom is 0.283 e. The van der Waals surface area contributed by atoms with E-state index >= 15 is 0 Å². The van der Waals surface area contributed by atoms with Gasteiger partial charge in [0.25, 0.3) is 11.2 Å². The number of nitro benzene ring substituents is 1. The van der Waals surface area contributed by atoms with Gasteiger partial charge in [-0.15, -0.1) is 0 Å². The lowest BCUT2D eigenvalue weighted by Crippen LogP contribution is -2.07. The largest absolute Gasteiger partial charge is 0.283 e. The minimum atomic E-state index is -0.408. The summed E-state index contributed by atoms with van der Waals surface area (Å²) < 4.78 is 0. The number of halogens is 1. The third kappa shape index (κ3) is 4.46. The van der Waals surface area contributed by atoms with E-state index in [2.05, 4.69) is 10.2 Å². The first-order valence-corrected chi connectivity index (χ1v) is 8.46. The number of nitrogens with zero attached hydrogens (tertiary/aromatic N) is 2. The molecule has 0 amide bonds. The lowest BCUT2D eigenvalue weighted by atomic mass is 10.1.